The second-order valence-electron chi connectivity index (χ2n) is 8.15. The number of nitrogens with zero attached hydrogens (tertiary/aromatic N) is 2. The Kier molecular flexibility index (Phi) is 8.46. The van der Waals surface area contributed by atoms with Crippen LogP contribution in [-0.4, -0.2) is 22.8 Å². The lowest BCUT2D eigenvalue weighted by atomic mass is 10.1. The molecule has 1 aromatic heterocycles. The molecule has 36 heavy (non-hydrogen) atoms. The monoisotopic (exact) mass is 565 g/mol. The van der Waals surface area contributed by atoms with Gasteiger partial charge in [0.05, 0.1) is 18.1 Å². The zero-order chi connectivity index (χ0) is 25.5. The number of carbonyl (C=O) groups excluding carboxylic acids is 1. The highest BCUT2D eigenvalue weighted by molar-refractivity contribution is 9.10. The van der Waals surface area contributed by atoms with Crippen molar-refractivity contribution >= 4 is 45.3 Å². The molecule has 0 unspecified atom stereocenters. The van der Waals surface area contributed by atoms with Crippen molar-refractivity contribution in [2.45, 2.75) is 20.1 Å². The molecule has 0 aliphatic carbocycles. The highest BCUT2D eigenvalue weighted by Gasteiger charge is 2.10. The van der Waals surface area contributed by atoms with E-state index < -0.39 is 0 Å². The van der Waals surface area contributed by atoms with Crippen LogP contribution >= 0.6 is 27.5 Å². The summed E-state index contributed by atoms with van der Waals surface area (Å²) in [5, 5.41) is 7.95. The summed E-state index contributed by atoms with van der Waals surface area (Å²) in [5.41, 5.74) is 3.91. The molecule has 0 bridgehead atoms. The van der Waals surface area contributed by atoms with Crippen LogP contribution in [0.3, 0.4) is 0 Å². The minimum Gasteiger partial charge on any atom is -0.496 e. The number of nitrogens with one attached hydrogen (secondary N) is 1. The second-order valence-corrected chi connectivity index (χ2v) is 9.44. The number of aromatic nitrogens is 2. The summed E-state index contributed by atoms with van der Waals surface area (Å²) in [4.78, 5) is 12.6. The van der Waals surface area contributed by atoms with Gasteiger partial charge >= 0.3 is 0 Å². The molecular weight excluding hydrogens is 542 g/mol. The van der Waals surface area contributed by atoms with E-state index in [1.54, 1.807) is 17.9 Å². The van der Waals surface area contributed by atoms with Crippen LogP contribution in [0.25, 0.3) is 6.08 Å². The maximum absolute atomic E-state index is 12.6. The molecule has 0 radical (unpaired) electrons. The van der Waals surface area contributed by atoms with Crippen LogP contribution in [0.15, 0.2) is 83.5 Å². The average Bonchev–Trinajstić information content (AvgIpc) is 3.21. The number of anilines is 1. The first kappa shape index (κ1) is 25.5. The fraction of sp³-hybridized carbons (Fsp3) is 0.143. The van der Waals surface area contributed by atoms with Gasteiger partial charge < -0.3 is 14.8 Å². The fourth-order valence-corrected chi connectivity index (χ4v) is 4.09. The van der Waals surface area contributed by atoms with Gasteiger partial charge in [-0.1, -0.05) is 41.9 Å². The molecule has 1 N–H and O–H groups in total. The van der Waals surface area contributed by atoms with Crippen molar-refractivity contribution in [1.82, 2.24) is 9.78 Å². The molecule has 1 heterocycles. The summed E-state index contributed by atoms with van der Waals surface area (Å²) in [6.45, 7) is 2.92. The third kappa shape index (κ3) is 6.99. The maximum Gasteiger partial charge on any atom is 0.249 e. The quantitative estimate of drug-likeness (QED) is 0.224. The Hall–Kier alpha value is -3.55. The summed E-state index contributed by atoms with van der Waals surface area (Å²) >= 11 is 9.41. The summed E-state index contributed by atoms with van der Waals surface area (Å²) in [7, 11) is 1.62. The molecule has 0 aliphatic heterocycles. The molecule has 0 fully saturated rings. The van der Waals surface area contributed by atoms with Crippen molar-refractivity contribution in [3.63, 3.8) is 0 Å². The molecule has 3 aromatic carbocycles. The number of ether oxygens (including phenoxy) is 2. The van der Waals surface area contributed by atoms with Crippen molar-refractivity contribution in [2.75, 3.05) is 12.4 Å². The Morgan fingerprint density at radius 2 is 1.94 bits per heavy atom. The predicted octanol–water partition coefficient (Wildman–Crippen LogP) is 6.90. The minimum atomic E-state index is -0.291. The molecule has 4 aromatic rings. The number of amides is 1. The van der Waals surface area contributed by atoms with Crippen LogP contribution in [0.2, 0.25) is 5.02 Å². The van der Waals surface area contributed by atoms with Crippen molar-refractivity contribution in [1.29, 1.82) is 0 Å². The molecule has 8 heteroatoms. The van der Waals surface area contributed by atoms with Crippen LogP contribution in [-0.2, 0) is 17.9 Å². The van der Waals surface area contributed by atoms with Gasteiger partial charge in [0.2, 0.25) is 5.91 Å². The van der Waals surface area contributed by atoms with E-state index in [1.807, 2.05) is 79.9 Å². The third-order valence-electron chi connectivity index (χ3n) is 5.33. The fourth-order valence-electron chi connectivity index (χ4n) is 3.55. The standard InChI is InChI=1S/C28H25BrClN3O3/c1-19-4-3-5-24(14-19)36-18-22-15-20(8-12-26(22)35-2)9-13-27(34)31-28-25(29)17-33(32-28)16-21-6-10-23(30)11-7-21/h3-15,17H,16,18H2,1-2H3,(H,31,32,34)/b13-9+. The van der Waals surface area contributed by atoms with Gasteiger partial charge in [-0.2, -0.15) is 5.10 Å². The molecule has 0 spiro atoms. The Bertz CT molecular complexity index is 1380. The number of halogens is 2. The molecule has 184 valence electrons. The number of aryl methyl sites for hydroxylation is 1. The summed E-state index contributed by atoms with van der Waals surface area (Å²) in [6, 6.07) is 21.1. The molecule has 1 amide bonds. The number of carbonyl (C=O) groups is 1. The lowest BCUT2D eigenvalue weighted by Gasteiger charge is -2.11. The van der Waals surface area contributed by atoms with Gasteiger partial charge in [-0.05, 0) is 82.0 Å². The van der Waals surface area contributed by atoms with Crippen LogP contribution < -0.4 is 14.8 Å². The smallest absolute Gasteiger partial charge is 0.249 e. The normalized spacial score (nSPS) is 11.0. The molecule has 0 saturated carbocycles. The van der Waals surface area contributed by atoms with Crippen LogP contribution in [0, 0.1) is 6.92 Å². The summed E-state index contributed by atoms with van der Waals surface area (Å²) < 4.78 is 13.8. The molecule has 4 rings (SSSR count). The maximum atomic E-state index is 12.6. The van der Waals surface area contributed by atoms with Crippen LogP contribution in [0.4, 0.5) is 5.82 Å². The highest BCUT2D eigenvalue weighted by atomic mass is 79.9. The van der Waals surface area contributed by atoms with Gasteiger partial charge in [-0.15, -0.1) is 0 Å². The summed E-state index contributed by atoms with van der Waals surface area (Å²) in [6.07, 6.45) is 5.03. The number of rotatable bonds is 9. The van der Waals surface area contributed by atoms with Crippen LogP contribution in [0.5, 0.6) is 11.5 Å². The number of hydrogen-bond donors (Lipinski definition) is 1. The second kappa shape index (κ2) is 11.9. The molecule has 0 atom stereocenters. The van der Waals surface area contributed by atoms with E-state index in [0.717, 1.165) is 33.8 Å². The zero-order valence-corrected chi connectivity index (χ0v) is 22.2. The van der Waals surface area contributed by atoms with Gasteiger partial charge in [-0.3, -0.25) is 9.48 Å². The van der Waals surface area contributed by atoms with E-state index in [0.29, 0.717) is 28.5 Å². The van der Waals surface area contributed by atoms with E-state index in [4.69, 9.17) is 21.1 Å². The topological polar surface area (TPSA) is 65.4 Å². The van der Waals surface area contributed by atoms with Gasteiger partial charge in [0, 0.05) is 22.9 Å². The van der Waals surface area contributed by atoms with E-state index >= 15 is 0 Å². The number of hydrogen-bond acceptors (Lipinski definition) is 4. The van der Waals surface area contributed by atoms with Crippen molar-refractivity contribution in [3.05, 3.63) is 111 Å². The Balaban J connectivity index is 1.39. The molecule has 6 nitrogen and oxygen atoms in total. The first-order chi connectivity index (χ1) is 17.4. The van der Waals surface area contributed by atoms with E-state index in [9.17, 15) is 4.79 Å². The van der Waals surface area contributed by atoms with Crippen LogP contribution in [0.1, 0.15) is 22.3 Å². The van der Waals surface area contributed by atoms with Crippen molar-refractivity contribution in [2.24, 2.45) is 0 Å². The minimum absolute atomic E-state index is 0.291. The SMILES string of the molecule is COc1ccc(/C=C/C(=O)Nc2nn(Cc3ccc(Cl)cc3)cc2Br)cc1COc1cccc(C)c1. The predicted molar refractivity (Wildman–Crippen MR) is 147 cm³/mol. The molecule has 0 aliphatic rings. The Morgan fingerprint density at radius 1 is 1.14 bits per heavy atom. The Morgan fingerprint density at radius 3 is 2.69 bits per heavy atom. The van der Waals surface area contributed by atoms with E-state index in [-0.39, 0.29) is 5.91 Å². The zero-order valence-electron chi connectivity index (χ0n) is 19.9. The van der Waals surface area contributed by atoms with Crippen molar-refractivity contribution < 1.29 is 14.3 Å². The van der Waals surface area contributed by atoms with Gasteiger partial charge in [0.1, 0.15) is 18.1 Å². The Labute approximate surface area is 223 Å². The van der Waals surface area contributed by atoms with Gasteiger partial charge in [-0.25, -0.2) is 0 Å². The van der Waals surface area contributed by atoms with E-state index in [2.05, 4.69) is 26.3 Å². The average molecular weight is 567 g/mol. The first-order valence-corrected chi connectivity index (χ1v) is 12.4. The third-order valence-corrected chi connectivity index (χ3v) is 6.16. The number of benzene rings is 3. The van der Waals surface area contributed by atoms with Gasteiger partial charge in [0.25, 0.3) is 0 Å². The first-order valence-electron chi connectivity index (χ1n) is 11.2. The number of methoxy groups -OCH3 is 1. The molecule has 0 saturated heterocycles. The van der Waals surface area contributed by atoms with Crippen molar-refractivity contribution in [3.8, 4) is 11.5 Å². The highest BCUT2D eigenvalue weighted by Crippen LogP contribution is 2.24. The largest absolute Gasteiger partial charge is 0.496 e. The summed E-state index contributed by atoms with van der Waals surface area (Å²) in [5.74, 6) is 1.67. The van der Waals surface area contributed by atoms with E-state index in [1.165, 1.54) is 6.08 Å². The lowest BCUT2D eigenvalue weighted by Crippen LogP contribution is -2.09. The lowest BCUT2D eigenvalue weighted by molar-refractivity contribution is -0.111. The molecular formula is C28H25BrClN3O3. The van der Waals surface area contributed by atoms with Gasteiger partial charge in [0.15, 0.2) is 5.82 Å².